The molecule has 1 N–H and O–H groups in total. The van der Waals surface area contributed by atoms with Gasteiger partial charge in [0, 0.05) is 11.8 Å². The summed E-state index contributed by atoms with van der Waals surface area (Å²) in [6.07, 6.45) is 7.11. The molecule has 0 aromatic carbocycles. The molecule has 0 saturated heterocycles. The highest BCUT2D eigenvalue weighted by molar-refractivity contribution is 7.99. The van der Waals surface area contributed by atoms with Gasteiger partial charge in [-0.05, 0) is 30.6 Å². The van der Waals surface area contributed by atoms with E-state index in [1.807, 2.05) is 0 Å². The van der Waals surface area contributed by atoms with Crippen molar-refractivity contribution < 1.29 is 0 Å². The Balaban J connectivity index is 2.17. The molecule has 0 spiro atoms. The Morgan fingerprint density at radius 1 is 1.33 bits per heavy atom. The molecule has 1 fully saturated rings. The second-order valence-corrected chi connectivity index (χ2v) is 6.68. The van der Waals surface area contributed by atoms with Crippen molar-refractivity contribution in [2.24, 2.45) is 5.92 Å². The lowest BCUT2D eigenvalue weighted by molar-refractivity contribution is 0.268. The molecule has 1 nitrogen and oxygen atoms in total. The molecule has 1 rings (SSSR count). The van der Waals surface area contributed by atoms with E-state index >= 15 is 0 Å². The molecule has 0 aromatic heterocycles. The van der Waals surface area contributed by atoms with Gasteiger partial charge in [0.25, 0.3) is 0 Å². The van der Waals surface area contributed by atoms with Crippen LogP contribution in [0.15, 0.2) is 0 Å². The Bertz CT molecular complexity index is 155. The van der Waals surface area contributed by atoms with Crippen LogP contribution in [0.5, 0.6) is 0 Å². The molecule has 90 valence electrons. The number of rotatable bonds is 8. The van der Waals surface area contributed by atoms with Crippen LogP contribution in [-0.4, -0.2) is 23.6 Å². The van der Waals surface area contributed by atoms with Gasteiger partial charge in [0.1, 0.15) is 0 Å². The quantitative estimate of drug-likeness (QED) is 0.681. The maximum Gasteiger partial charge on any atom is 0.0160 e. The summed E-state index contributed by atoms with van der Waals surface area (Å²) in [6, 6.07) is 0.766. The molecule has 0 aliphatic heterocycles. The van der Waals surface area contributed by atoms with Gasteiger partial charge in [0.15, 0.2) is 0 Å². The second kappa shape index (κ2) is 7.56. The van der Waals surface area contributed by atoms with Crippen LogP contribution in [0.1, 0.15) is 52.9 Å². The zero-order valence-electron chi connectivity index (χ0n) is 10.6. The lowest BCUT2D eigenvalue weighted by atomic mass is 9.81. The van der Waals surface area contributed by atoms with Crippen molar-refractivity contribution in [1.29, 1.82) is 0 Å². The Hall–Kier alpha value is 0.310. The van der Waals surface area contributed by atoms with Crippen molar-refractivity contribution in [3.63, 3.8) is 0 Å². The highest BCUT2D eigenvalue weighted by Crippen LogP contribution is 2.31. The number of hydrogen-bond acceptors (Lipinski definition) is 2. The molecule has 1 aliphatic rings. The van der Waals surface area contributed by atoms with Crippen molar-refractivity contribution >= 4 is 11.8 Å². The van der Waals surface area contributed by atoms with Gasteiger partial charge in [0.2, 0.25) is 0 Å². The molecular weight excluding hydrogens is 202 g/mol. The van der Waals surface area contributed by atoms with E-state index in [1.165, 1.54) is 44.4 Å². The third-order valence-electron chi connectivity index (χ3n) is 3.16. The van der Waals surface area contributed by atoms with E-state index in [4.69, 9.17) is 0 Å². The first kappa shape index (κ1) is 13.4. The van der Waals surface area contributed by atoms with Crippen LogP contribution in [0.2, 0.25) is 0 Å². The van der Waals surface area contributed by atoms with E-state index in [2.05, 4.69) is 37.8 Å². The number of thioether (sulfide) groups is 1. The summed E-state index contributed by atoms with van der Waals surface area (Å²) in [6.45, 7) is 8.04. The Morgan fingerprint density at radius 2 is 2.07 bits per heavy atom. The van der Waals surface area contributed by atoms with Crippen molar-refractivity contribution in [2.45, 2.75) is 64.2 Å². The lowest BCUT2D eigenvalue weighted by Crippen LogP contribution is -2.35. The zero-order valence-corrected chi connectivity index (χ0v) is 11.4. The minimum atomic E-state index is 0.766. The highest BCUT2D eigenvalue weighted by Gasteiger charge is 2.21. The molecule has 15 heavy (non-hydrogen) atoms. The Kier molecular flexibility index (Phi) is 6.74. The molecule has 0 heterocycles. The zero-order chi connectivity index (χ0) is 11.1. The molecular formula is C13H27NS. The summed E-state index contributed by atoms with van der Waals surface area (Å²) >= 11 is 2.10. The average molecular weight is 229 g/mol. The van der Waals surface area contributed by atoms with Crippen LogP contribution in [0.3, 0.4) is 0 Å². The molecule has 1 unspecified atom stereocenters. The van der Waals surface area contributed by atoms with E-state index in [-0.39, 0.29) is 0 Å². The van der Waals surface area contributed by atoms with Crippen LogP contribution in [0.4, 0.5) is 0 Å². The van der Waals surface area contributed by atoms with Crippen LogP contribution >= 0.6 is 11.8 Å². The largest absolute Gasteiger partial charge is 0.313 e. The summed E-state index contributed by atoms with van der Waals surface area (Å²) in [5.41, 5.74) is 0. The van der Waals surface area contributed by atoms with Crippen molar-refractivity contribution in [1.82, 2.24) is 5.32 Å². The van der Waals surface area contributed by atoms with Gasteiger partial charge >= 0.3 is 0 Å². The highest BCUT2D eigenvalue weighted by atomic mass is 32.2. The van der Waals surface area contributed by atoms with E-state index in [1.54, 1.807) is 0 Å². The fraction of sp³-hybridized carbons (Fsp3) is 1.00. The number of nitrogens with one attached hydrogen (secondary N) is 1. The summed E-state index contributed by atoms with van der Waals surface area (Å²) < 4.78 is 0. The minimum Gasteiger partial charge on any atom is -0.313 e. The first-order valence-electron chi connectivity index (χ1n) is 6.57. The van der Waals surface area contributed by atoms with Gasteiger partial charge in [-0.25, -0.2) is 0 Å². The van der Waals surface area contributed by atoms with Gasteiger partial charge in [-0.2, -0.15) is 11.8 Å². The van der Waals surface area contributed by atoms with Crippen molar-refractivity contribution in [3.05, 3.63) is 0 Å². The maximum absolute atomic E-state index is 3.70. The van der Waals surface area contributed by atoms with Crippen molar-refractivity contribution in [3.8, 4) is 0 Å². The molecule has 1 aliphatic carbocycles. The fourth-order valence-corrected chi connectivity index (χ4v) is 2.87. The third kappa shape index (κ3) is 5.82. The summed E-state index contributed by atoms with van der Waals surface area (Å²) in [5, 5.41) is 4.48. The molecule has 0 amide bonds. The molecule has 1 saturated carbocycles. The van der Waals surface area contributed by atoms with E-state index in [0.717, 1.165) is 17.2 Å². The minimum absolute atomic E-state index is 0.766. The van der Waals surface area contributed by atoms with Gasteiger partial charge in [-0.1, -0.05) is 40.0 Å². The Morgan fingerprint density at radius 3 is 2.53 bits per heavy atom. The molecule has 0 bridgehead atoms. The third-order valence-corrected chi connectivity index (χ3v) is 4.42. The summed E-state index contributed by atoms with van der Waals surface area (Å²) in [5.74, 6) is 2.33. The van der Waals surface area contributed by atoms with E-state index in [0.29, 0.717) is 0 Å². The SMILES string of the molecule is CCCNC(CSC(C)C)CC1CCC1. The van der Waals surface area contributed by atoms with E-state index < -0.39 is 0 Å². The van der Waals surface area contributed by atoms with Crippen LogP contribution in [0, 0.1) is 5.92 Å². The molecule has 2 heteroatoms. The molecule has 0 radical (unpaired) electrons. The fourth-order valence-electron chi connectivity index (χ4n) is 2.00. The topological polar surface area (TPSA) is 12.0 Å². The second-order valence-electron chi connectivity index (χ2n) is 5.07. The smallest absolute Gasteiger partial charge is 0.0160 e. The maximum atomic E-state index is 3.70. The lowest BCUT2D eigenvalue weighted by Gasteiger charge is -2.30. The first-order chi connectivity index (χ1) is 7.22. The predicted octanol–water partition coefficient (Wildman–Crippen LogP) is 3.69. The Labute approximate surface area is 99.8 Å². The first-order valence-corrected chi connectivity index (χ1v) is 7.62. The predicted molar refractivity (Wildman–Crippen MR) is 71.6 cm³/mol. The van der Waals surface area contributed by atoms with Crippen LogP contribution in [0.25, 0.3) is 0 Å². The van der Waals surface area contributed by atoms with Gasteiger partial charge in [-0.15, -0.1) is 0 Å². The van der Waals surface area contributed by atoms with Gasteiger partial charge < -0.3 is 5.32 Å². The molecule has 1 atom stereocenters. The van der Waals surface area contributed by atoms with Crippen molar-refractivity contribution in [2.75, 3.05) is 12.3 Å². The molecule has 0 aromatic rings. The standard InChI is InChI=1S/C13H27NS/c1-4-8-14-13(10-15-11(2)3)9-12-6-5-7-12/h11-14H,4-10H2,1-3H3. The number of hydrogen-bond donors (Lipinski definition) is 1. The normalized spacial score (nSPS) is 19.2. The van der Waals surface area contributed by atoms with Crippen LogP contribution in [-0.2, 0) is 0 Å². The summed E-state index contributed by atoms with van der Waals surface area (Å²) in [7, 11) is 0. The van der Waals surface area contributed by atoms with Gasteiger partial charge in [0.05, 0.1) is 0 Å². The average Bonchev–Trinajstić information content (AvgIpc) is 2.13. The summed E-state index contributed by atoms with van der Waals surface area (Å²) in [4.78, 5) is 0. The van der Waals surface area contributed by atoms with Crippen LogP contribution < -0.4 is 5.32 Å². The van der Waals surface area contributed by atoms with E-state index in [9.17, 15) is 0 Å². The van der Waals surface area contributed by atoms with Gasteiger partial charge in [-0.3, -0.25) is 0 Å². The monoisotopic (exact) mass is 229 g/mol.